The molecule has 2 atom stereocenters. The van der Waals surface area contributed by atoms with Crippen LogP contribution in [-0.4, -0.2) is 50.2 Å². The van der Waals surface area contributed by atoms with E-state index in [1.807, 2.05) is 13.8 Å². The van der Waals surface area contributed by atoms with Gasteiger partial charge in [0.15, 0.2) is 0 Å². The van der Waals surface area contributed by atoms with Gasteiger partial charge in [-0.3, -0.25) is 18.7 Å². The number of hydrogen-bond donors (Lipinski definition) is 0. The SMILES string of the molecule is C[C@@H]1CN(C(=O)c2cnc3c(c2)c(=O)n(C)c(=O)n3C)C[C@@H](C)O1. The van der Waals surface area contributed by atoms with E-state index in [2.05, 4.69) is 4.98 Å². The van der Waals surface area contributed by atoms with E-state index in [0.29, 0.717) is 18.7 Å². The number of fused-ring (bicyclic) bond motifs is 1. The second-order valence-electron chi connectivity index (χ2n) is 6.27. The molecule has 1 fully saturated rings. The molecule has 1 aliphatic heterocycles. The van der Waals surface area contributed by atoms with Gasteiger partial charge < -0.3 is 9.64 Å². The van der Waals surface area contributed by atoms with Crippen molar-refractivity contribution in [2.45, 2.75) is 26.1 Å². The van der Waals surface area contributed by atoms with E-state index in [0.717, 1.165) is 4.57 Å². The van der Waals surface area contributed by atoms with Crippen LogP contribution < -0.4 is 11.2 Å². The number of pyridine rings is 1. The number of carbonyl (C=O) groups excluding carboxylic acids is 1. The Balaban J connectivity index is 2.07. The number of nitrogens with zero attached hydrogens (tertiary/aromatic N) is 4. The molecule has 0 radical (unpaired) electrons. The maximum atomic E-state index is 12.7. The van der Waals surface area contributed by atoms with Crippen molar-refractivity contribution < 1.29 is 9.53 Å². The van der Waals surface area contributed by atoms with Crippen molar-refractivity contribution in [3.8, 4) is 0 Å². The zero-order chi connectivity index (χ0) is 17.6. The minimum absolute atomic E-state index is 0.0418. The first kappa shape index (κ1) is 16.4. The Morgan fingerprint density at radius 3 is 2.42 bits per heavy atom. The molecular formula is C16H20N4O4. The normalized spacial score (nSPS) is 21.2. The Morgan fingerprint density at radius 1 is 1.17 bits per heavy atom. The number of hydrogen-bond acceptors (Lipinski definition) is 5. The highest BCUT2D eigenvalue weighted by Gasteiger charge is 2.27. The molecule has 1 aliphatic rings. The molecule has 2 aromatic heterocycles. The van der Waals surface area contributed by atoms with E-state index in [1.165, 1.54) is 23.9 Å². The van der Waals surface area contributed by atoms with Gasteiger partial charge in [0.05, 0.1) is 23.2 Å². The maximum absolute atomic E-state index is 12.7. The van der Waals surface area contributed by atoms with Crippen molar-refractivity contribution >= 4 is 16.9 Å². The average molecular weight is 332 g/mol. The monoisotopic (exact) mass is 332 g/mol. The molecule has 0 aliphatic carbocycles. The number of carbonyl (C=O) groups is 1. The molecule has 0 N–H and O–H groups in total. The zero-order valence-electron chi connectivity index (χ0n) is 14.1. The molecule has 0 bridgehead atoms. The molecule has 0 unspecified atom stereocenters. The highest BCUT2D eigenvalue weighted by Crippen LogP contribution is 2.15. The van der Waals surface area contributed by atoms with Gasteiger partial charge in [-0.1, -0.05) is 0 Å². The van der Waals surface area contributed by atoms with Crippen LogP contribution in [0.3, 0.4) is 0 Å². The van der Waals surface area contributed by atoms with Crippen molar-refractivity contribution in [2.75, 3.05) is 13.1 Å². The van der Waals surface area contributed by atoms with Crippen molar-refractivity contribution in [1.82, 2.24) is 19.0 Å². The minimum atomic E-state index is -0.459. The van der Waals surface area contributed by atoms with Crippen molar-refractivity contribution in [3.63, 3.8) is 0 Å². The Kier molecular flexibility index (Phi) is 4.00. The third-order valence-electron chi connectivity index (χ3n) is 4.25. The van der Waals surface area contributed by atoms with Gasteiger partial charge in [-0.25, -0.2) is 9.78 Å². The second kappa shape index (κ2) is 5.86. The molecule has 24 heavy (non-hydrogen) atoms. The lowest BCUT2D eigenvalue weighted by Gasteiger charge is -2.35. The third kappa shape index (κ3) is 2.62. The summed E-state index contributed by atoms with van der Waals surface area (Å²) in [6.45, 7) is 4.82. The lowest BCUT2D eigenvalue weighted by molar-refractivity contribution is -0.0586. The predicted octanol–water partition coefficient (Wildman–Crippen LogP) is -0.118. The van der Waals surface area contributed by atoms with Crippen LogP contribution >= 0.6 is 0 Å². The van der Waals surface area contributed by atoms with Crippen molar-refractivity contribution in [3.05, 3.63) is 38.7 Å². The molecule has 0 spiro atoms. The molecule has 1 saturated heterocycles. The summed E-state index contributed by atoms with van der Waals surface area (Å²) < 4.78 is 7.94. The first-order valence-corrected chi connectivity index (χ1v) is 7.80. The van der Waals surface area contributed by atoms with Gasteiger partial charge >= 0.3 is 5.69 Å². The summed E-state index contributed by atoms with van der Waals surface area (Å²) in [5.41, 5.74) is -0.309. The van der Waals surface area contributed by atoms with E-state index >= 15 is 0 Å². The third-order valence-corrected chi connectivity index (χ3v) is 4.25. The molecule has 128 valence electrons. The lowest BCUT2D eigenvalue weighted by Crippen LogP contribution is -2.48. The quantitative estimate of drug-likeness (QED) is 0.727. The molecule has 8 nitrogen and oxygen atoms in total. The number of aromatic nitrogens is 3. The highest BCUT2D eigenvalue weighted by atomic mass is 16.5. The van der Waals surface area contributed by atoms with Crippen molar-refractivity contribution in [2.24, 2.45) is 14.1 Å². The minimum Gasteiger partial charge on any atom is -0.372 e. The Labute approximate surface area is 138 Å². The second-order valence-corrected chi connectivity index (χ2v) is 6.27. The standard InChI is InChI=1S/C16H20N4O4/c1-9-7-20(8-10(2)24-9)14(21)11-5-12-13(17-6-11)18(3)16(23)19(4)15(12)22/h5-6,9-10H,7-8H2,1-4H3/t9-,10-/m1/s1. The van der Waals surface area contributed by atoms with Gasteiger partial charge in [-0.05, 0) is 19.9 Å². The lowest BCUT2D eigenvalue weighted by atomic mass is 10.1. The van der Waals surface area contributed by atoms with Crippen LogP contribution in [0.15, 0.2) is 21.9 Å². The van der Waals surface area contributed by atoms with Crippen LogP contribution in [-0.2, 0) is 18.8 Å². The van der Waals surface area contributed by atoms with Crippen LogP contribution in [0.1, 0.15) is 24.2 Å². The van der Waals surface area contributed by atoms with Crippen LogP contribution in [0.5, 0.6) is 0 Å². The number of amides is 1. The number of morpholine rings is 1. The van der Waals surface area contributed by atoms with E-state index in [9.17, 15) is 14.4 Å². The molecule has 3 heterocycles. The van der Waals surface area contributed by atoms with Gasteiger partial charge in [-0.2, -0.15) is 0 Å². The smallest absolute Gasteiger partial charge is 0.332 e. The Morgan fingerprint density at radius 2 is 1.79 bits per heavy atom. The fourth-order valence-electron chi connectivity index (χ4n) is 3.11. The molecule has 1 amide bonds. The Bertz CT molecular complexity index is 920. The van der Waals surface area contributed by atoms with Crippen molar-refractivity contribution in [1.29, 1.82) is 0 Å². The topological polar surface area (TPSA) is 86.4 Å². The maximum Gasteiger partial charge on any atom is 0.332 e. The molecule has 2 aromatic rings. The first-order chi connectivity index (χ1) is 11.3. The average Bonchev–Trinajstić information content (AvgIpc) is 2.56. The summed E-state index contributed by atoms with van der Waals surface area (Å²) in [7, 11) is 2.95. The Hall–Kier alpha value is -2.48. The van der Waals surface area contributed by atoms with Gasteiger partial charge in [0, 0.05) is 33.4 Å². The first-order valence-electron chi connectivity index (χ1n) is 7.80. The van der Waals surface area contributed by atoms with Gasteiger partial charge in [-0.15, -0.1) is 0 Å². The van der Waals surface area contributed by atoms with Crippen LogP contribution in [0.2, 0.25) is 0 Å². The molecule has 0 aromatic carbocycles. The summed E-state index contributed by atoms with van der Waals surface area (Å²) in [6.07, 6.45) is 1.33. The van der Waals surface area contributed by atoms with Crippen LogP contribution in [0.4, 0.5) is 0 Å². The summed E-state index contributed by atoms with van der Waals surface area (Å²) in [5, 5.41) is 0.250. The molecule has 0 saturated carbocycles. The fraction of sp³-hybridized carbons (Fsp3) is 0.500. The van der Waals surface area contributed by atoms with Gasteiger partial charge in [0.2, 0.25) is 0 Å². The summed E-state index contributed by atoms with van der Waals surface area (Å²) in [5.74, 6) is -0.192. The number of ether oxygens (including phenoxy) is 1. The van der Waals surface area contributed by atoms with E-state index in [4.69, 9.17) is 4.74 Å². The predicted molar refractivity (Wildman–Crippen MR) is 88.1 cm³/mol. The summed E-state index contributed by atoms with van der Waals surface area (Å²) in [6, 6.07) is 1.51. The van der Waals surface area contributed by atoms with E-state index < -0.39 is 11.2 Å². The molecular weight excluding hydrogens is 312 g/mol. The molecule has 8 heteroatoms. The fourth-order valence-corrected chi connectivity index (χ4v) is 3.11. The zero-order valence-corrected chi connectivity index (χ0v) is 14.1. The van der Waals surface area contributed by atoms with Gasteiger partial charge in [0.25, 0.3) is 11.5 Å². The number of rotatable bonds is 1. The van der Waals surface area contributed by atoms with E-state index in [1.54, 1.807) is 11.9 Å². The largest absolute Gasteiger partial charge is 0.372 e. The number of aryl methyl sites for hydroxylation is 1. The van der Waals surface area contributed by atoms with E-state index in [-0.39, 0.29) is 29.1 Å². The summed E-state index contributed by atoms with van der Waals surface area (Å²) >= 11 is 0. The summed E-state index contributed by atoms with van der Waals surface area (Å²) in [4.78, 5) is 42.9. The van der Waals surface area contributed by atoms with Crippen LogP contribution in [0, 0.1) is 0 Å². The molecule has 3 rings (SSSR count). The highest BCUT2D eigenvalue weighted by molar-refractivity contribution is 5.96. The van der Waals surface area contributed by atoms with Gasteiger partial charge in [0.1, 0.15) is 5.65 Å². The van der Waals surface area contributed by atoms with Crippen LogP contribution in [0.25, 0.3) is 11.0 Å².